The van der Waals surface area contributed by atoms with Crippen LogP contribution in [-0.4, -0.2) is 31.7 Å². The van der Waals surface area contributed by atoms with Crippen molar-refractivity contribution in [3.8, 4) is 0 Å². The smallest absolute Gasteiger partial charge is 0.354 e. The van der Waals surface area contributed by atoms with Gasteiger partial charge in [-0.25, -0.2) is 4.79 Å². The number of carbonyl (C=O) groups is 2. The van der Waals surface area contributed by atoms with Crippen molar-refractivity contribution in [1.29, 1.82) is 0 Å². The third-order valence-corrected chi connectivity index (χ3v) is 3.15. The van der Waals surface area contributed by atoms with Crippen molar-refractivity contribution in [2.75, 3.05) is 13.2 Å². The summed E-state index contributed by atoms with van der Waals surface area (Å²) in [6.07, 6.45) is 3.63. The molecule has 5 nitrogen and oxygen atoms in total. The maximum Gasteiger partial charge on any atom is 0.354 e. The quantitative estimate of drug-likeness (QED) is 0.393. The molecule has 1 atom stereocenters. The molecule has 1 unspecified atom stereocenters. The highest BCUT2D eigenvalue weighted by Crippen LogP contribution is 2.37. The normalized spacial score (nSPS) is 17.4. The van der Waals surface area contributed by atoms with E-state index in [4.69, 9.17) is 9.47 Å². The minimum Gasteiger partial charge on any atom is -0.461 e. The minimum absolute atomic E-state index is 0.128. The van der Waals surface area contributed by atoms with Crippen LogP contribution in [0, 0.1) is 5.92 Å². The van der Waals surface area contributed by atoms with Crippen LogP contribution in [0.1, 0.15) is 40.0 Å². The van der Waals surface area contributed by atoms with Gasteiger partial charge in [-0.15, -0.1) is 0 Å². The van der Waals surface area contributed by atoms with Gasteiger partial charge in [-0.3, -0.25) is 4.79 Å². The lowest BCUT2D eigenvalue weighted by Crippen LogP contribution is -2.25. The van der Waals surface area contributed by atoms with Gasteiger partial charge in [0.25, 0.3) is 0 Å². The summed E-state index contributed by atoms with van der Waals surface area (Å²) in [5.41, 5.74) is 1.04. The lowest BCUT2D eigenvalue weighted by molar-refractivity contribution is -0.139. The van der Waals surface area contributed by atoms with E-state index in [2.05, 4.69) is 5.32 Å². The van der Waals surface area contributed by atoms with E-state index in [0.717, 1.165) is 5.57 Å². The number of esters is 1. The van der Waals surface area contributed by atoms with Crippen molar-refractivity contribution in [2.24, 2.45) is 5.92 Å². The summed E-state index contributed by atoms with van der Waals surface area (Å²) in [5, 5.41) is 2.44. The van der Waals surface area contributed by atoms with Crippen LogP contribution in [-0.2, 0) is 19.1 Å². The zero-order chi connectivity index (χ0) is 14.3. The van der Waals surface area contributed by atoms with Crippen LogP contribution in [0.5, 0.6) is 0 Å². The zero-order valence-electron chi connectivity index (χ0n) is 11.9. The number of carbonyl (C=O) groups excluding carboxylic acids is 2. The topological polar surface area (TPSA) is 64.6 Å². The van der Waals surface area contributed by atoms with E-state index in [0.29, 0.717) is 25.4 Å². The Balaban J connectivity index is 2.75. The van der Waals surface area contributed by atoms with Crippen molar-refractivity contribution in [2.45, 2.75) is 46.1 Å². The van der Waals surface area contributed by atoms with Gasteiger partial charge in [-0.1, -0.05) is 0 Å². The van der Waals surface area contributed by atoms with Gasteiger partial charge in [0.15, 0.2) is 0 Å². The predicted octanol–water partition coefficient (Wildman–Crippen LogP) is 1.77. The first-order valence-corrected chi connectivity index (χ1v) is 6.82. The Labute approximate surface area is 114 Å². The SMILES string of the molecule is CCOC(=O)C(NC=O)=C(C)CC(OCC)C1CC1. The highest BCUT2D eigenvalue weighted by molar-refractivity contribution is 5.91. The van der Waals surface area contributed by atoms with Crippen LogP contribution >= 0.6 is 0 Å². The van der Waals surface area contributed by atoms with Crippen molar-refractivity contribution in [3.63, 3.8) is 0 Å². The van der Waals surface area contributed by atoms with Crippen molar-refractivity contribution >= 4 is 12.4 Å². The molecule has 1 rings (SSSR count). The van der Waals surface area contributed by atoms with Crippen molar-refractivity contribution in [1.82, 2.24) is 5.32 Å². The number of nitrogens with one attached hydrogen (secondary N) is 1. The first-order valence-electron chi connectivity index (χ1n) is 6.82. The first-order chi connectivity index (χ1) is 9.13. The Morgan fingerprint density at radius 1 is 1.37 bits per heavy atom. The summed E-state index contributed by atoms with van der Waals surface area (Å²) in [5.74, 6) is 0.0905. The van der Waals surface area contributed by atoms with E-state index in [1.807, 2.05) is 13.8 Å². The second-order valence-corrected chi connectivity index (χ2v) is 4.67. The molecule has 1 aliphatic carbocycles. The molecule has 5 heteroatoms. The highest BCUT2D eigenvalue weighted by Gasteiger charge is 2.32. The molecule has 1 N–H and O–H groups in total. The summed E-state index contributed by atoms with van der Waals surface area (Å²) in [7, 11) is 0. The summed E-state index contributed by atoms with van der Waals surface area (Å²) < 4.78 is 10.6. The Morgan fingerprint density at radius 2 is 2.05 bits per heavy atom. The van der Waals surface area contributed by atoms with Gasteiger partial charge in [0.1, 0.15) is 5.70 Å². The van der Waals surface area contributed by atoms with Gasteiger partial charge < -0.3 is 14.8 Å². The van der Waals surface area contributed by atoms with Crippen molar-refractivity contribution in [3.05, 3.63) is 11.3 Å². The van der Waals surface area contributed by atoms with Crippen LogP contribution in [0.2, 0.25) is 0 Å². The Morgan fingerprint density at radius 3 is 2.53 bits per heavy atom. The monoisotopic (exact) mass is 269 g/mol. The van der Waals surface area contributed by atoms with E-state index in [1.54, 1.807) is 6.92 Å². The molecule has 1 saturated carbocycles. The second-order valence-electron chi connectivity index (χ2n) is 4.67. The third kappa shape index (κ3) is 5.03. The molecule has 0 heterocycles. The van der Waals surface area contributed by atoms with E-state index < -0.39 is 5.97 Å². The second kappa shape index (κ2) is 7.94. The van der Waals surface area contributed by atoms with Gasteiger partial charge in [0.05, 0.1) is 12.7 Å². The van der Waals surface area contributed by atoms with Gasteiger partial charge in [0.2, 0.25) is 6.41 Å². The molecular formula is C14H23NO4. The van der Waals surface area contributed by atoms with Gasteiger partial charge in [-0.2, -0.15) is 0 Å². The summed E-state index contributed by atoms with van der Waals surface area (Å²) >= 11 is 0. The fourth-order valence-electron chi connectivity index (χ4n) is 2.07. The average Bonchev–Trinajstić information content (AvgIpc) is 3.19. The van der Waals surface area contributed by atoms with Crippen LogP contribution in [0.4, 0.5) is 0 Å². The fourth-order valence-corrected chi connectivity index (χ4v) is 2.07. The lowest BCUT2D eigenvalue weighted by atomic mass is 10.0. The molecular weight excluding hydrogens is 246 g/mol. The van der Waals surface area contributed by atoms with Crippen LogP contribution in [0.15, 0.2) is 11.3 Å². The number of hydrogen-bond donors (Lipinski definition) is 1. The Kier molecular flexibility index (Phi) is 6.56. The molecule has 1 aliphatic rings. The van der Waals surface area contributed by atoms with Gasteiger partial charge >= 0.3 is 5.97 Å². The summed E-state index contributed by atoms with van der Waals surface area (Å²) in [6.45, 7) is 6.47. The van der Waals surface area contributed by atoms with E-state index in [9.17, 15) is 9.59 Å². The number of hydrogen-bond acceptors (Lipinski definition) is 4. The van der Waals surface area contributed by atoms with E-state index >= 15 is 0 Å². The average molecular weight is 269 g/mol. The predicted molar refractivity (Wildman–Crippen MR) is 71.3 cm³/mol. The molecule has 0 bridgehead atoms. The lowest BCUT2D eigenvalue weighted by Gasteiger charge is -2.18. The van der Waals surface area contributed by atoms with E-state index in [1.165, 1.54) is 12.8 Å². The molecule has 108 valence electrons. The molecule has 0 aromatic rings. The first kappa shape index (κ1) is 15.7. The number of ether oxygens (including phenoxy) is 2. The highest BCUT2D eigenvalue weighted by atomic mass is 16.5. The molecule has 0 radical (unpaired) electrons. The third-order valence-electron chi connectivity index (χ3n) is 3.15. The van der Waals surface area contributed by atoms with Crippen LogP contribution in [0.25, 0.3) is 0 Å². The molecule has 1 amide bonds. The molecule has 1 fully saturated rings. The Bertz CT molecular complexity index is 347. The number of amides is 1. The number of rotatable bonds is 9. The Hall–Kier alpha value is -1.36. The molecule has 0 spiro atoms. The summed E-state index contributed by atoms with van der Waals surface area (Å²) in [6, 6.07) is 0. The molecule has 19 heavy (non-hydrogen) atoms. The largest absolute Gasteiger partial charge is 0.461 e. The van der Waals surface area contributed by atoms with Gasteiger partial charge in [0, 0.05) is 6.61 Å². The zero-order valence-corrected chi connectivity index (χ0v) is 11.9. The summed E-state index contributed by atoms with van der Waals surface area (Å²) in [4.78, 5) is 22.4. The van der Waals surface area contributed by atoms with E-state index in [-0.39, 0.29) is 18.4 Å². The fraction of sp³-hybridized carbons (Fsp3) is 0.714. The standard InChI is InChI=1S/C14H23NO4/c1-4-18-12(11-6-7-11)8-10(3)13(15-9-16)14(17)19-5-2/h9,11-12H,4-8H2,1-3H3,(H,15,16). The maximum absolute atomic E-state index is 11.8. The van der Waals surface area contributed by atoms with Crippen LogP contribution < -0.4 is 5.32 Å². The molecule has 0 aromatic carbocycles. The molecule has 0 aliphatic heterocycles. The van der Waals surface area contributed by atoms with Gasteiger partial charge in [-0.05, 0) is 51.5 Å². The molecule has 0 aromatic heterocycles. The van der Waals surface area contributed by atoms with Crippen molar-refractivity contribution < 1.29 is 19.1 Å². The molecule has 0 saturated heterocycles. The maximum atomic E-state index is 11.8. The van der Waals surface area contributed by atoms with Crippen LogP contribution in [0.3, 0.4) is 0 Å². The minimum atomic E-state index is -0.488.